The highest BCUT2D eigenvalue weighted by atomic mass is 32.1. The first-order valence-corrected chi connectivity index (χ1v) is 10.0. The van der Waals surface area contributed by atoms with Crippen molar-refractivity contribution in [3.8, 4) is 22.6 Å². The first-order chi connectivity index (χ1) is 14.5. The fraction of sp³-hybridized carbons (Fsp3) is 0.136. The van der Waals surface area contributed by atoms with Crippen molar-refractivity contribution in [2.75, 3.05) is 19.5 Å². The summed E-state index contributed by atoms with van der Waals surface area (Å²) >= 11 is 1.55. The van der Waals surface area contributed by atoms with Gasteiger partial charge in [0.15, 0.2) is 11.5 Å². The summed E-state index contributed by atoms with van der Waals surface area (Å²) in [5.74, 6) is 2.21. The van der Waals surface area contributed by atoms with Crippen molar-refractivity contribution in [2.24, 2.45) is 5.73 Å². The van der Waals surface area contributed by atoms with Crippen LogP contribution in [0.5, 0.6) is 11.5 Å². The molecule has 0 bridgehead atoms. The standard InChI is InChI=1S/C22H20N4O3S/c1-12-24-21(26-15-7-4-13(5-8-15)20(23)27)19-16(11-30-22(19)25-12)14-6-9-17(28-2)18(10-14)29-3/h4-11H,1-3H3,(H2,23,27)(H,24,25,26). The van der Waals surface area contributed by atoms with Crippen molar-refractivity contribution in [1.82, 2.24) is 9.97 Å². The van der Waals surface area contributed by atoms with Gasteiger partial charge in [0, 0.05) is 22.2 Å². The second-order valence-corrected chi connectivity index (χ2v) is 7.44. The highest BCUT2D eigenvalue weighted by molar-refractivity contribution is 7.17. The lowest BCUT2D eigenvalue weighted by Crippen LogP contribution is -2.10. The van der Waals surface area contributed by atoms with Gasteiger partial charge in [-0.25, -0.2) is 9.97 Å². The van der Waals surface area contributed by atoms with Gasteiger partial charge >= 0.3 is 0 Å². The summed E-state index contributed by atoms with van der Waals surface area (Å²) in [5.41, 5.74) is 8.54. The molecule has 0 aliphatic carbocycles. The molecule has 4 rings (SSSR count). The summed E-state index contributed by atoms with van der Waals surface area (Å²) < 4.78 is 10.8. The van der Waals surface area contributed by atoms with Crippen LogP contribution in [-0.4, -0.2) is 30.1 Å². The van der Waals surface area contributed by atoms with Gasteiger partial charge in [0.1, 0.15) is 16.5 Å². The van der Waals surface area contributed by atoms with Crippen molar-refractivity contribution in [2.45, 2.75) is 6.92 Å². The first-order valence-electron chi connectivity index (χ1n) is 9.15. The molecular weight excluding hydrogens is 400 g/mol. The summed E-state index contributed by atoms with van der Waals surface area (Å²) in [6.45, 7) is 1.86. The summed E-state index contributed by atoms with van der Waals surface area (Å²) in [4.78, 5) is 21.4. The topological polar surface area (TPSA) is 99.4 Å². The van der Waals surface area contributed by atoms with E-state index in [-0.39, 0.29) is 0 Å². The van der Waals surface area contributed by atoms with Crippen LogP contribution in [0.3, 0.4) is 0 Å². The van der Waals surface area contributed by atoms with Gasteiger partial charge in [0.05, 0.1) is 19.6 Å². The molecule has 0 unspecified atom stereocenters. The lowest BCUT2D eigenvalue weighted by molar-refractivity contribution is 0.100. The number of thiophene rings is 1. The number of primary amides is 1. The molecule has 0 saturated heterocycles. The van der Waals surface area contributed by atoms with Crippen molar-refractivity contribution in [3.05, 3.63) is 59.2 Å². The Morgan fingerprint density at radius 2 is 1.77 bits per heavy atom. The van der Waals surface area contributed by atoms with Crippen LogP contribution in [0.25, 0.3) is 21.3 Å². The van der Waals surface area contributed by atoms with Gasteiger partial charge in [-0.1, -0.05) is 6.07 Å². The normalized spacial score (nSPS) is 10.8. The van der Waals surface area contributed by atoms with Crippen LogP contribution in [0.1, 0.15) is 16.2 Å². The average Bonchev–Trinajstić information content (AvgIpc) is 3.17. The monoisotopic (exact) mass is 420 g/mol. The molecule has 0 aliphatic rings. The van der Waals surface area contributed by atoms with Gasteiger partial charge in [0.2, 0.25) is 5.91 Å². The Kier molecular flexibility index (Phi) is 5.24. The fourth-order valence-corrected chi connectivity index (χ4v) is 4.20. The third-order valence-corrected chi connectivity index (χ3v) is 5.54. The van der Waals surface area contributed by atoms with E-state index < -0.39 is 5.91 Å². The number of benzene rings is 2. The number of fused-ring (bicyclic) bond motifs is 1. The van der Waals surface area contributed by atoms with E-state index in [9.17, 15) is 4.79 Å². The predicted molar refractivity (Wildman–Crippen MR) is 119 cm³/mol. The molecule has 0 saturated carbocycles. The minimum absolute atomic E-state index is 0.450. The van der Waals surface area contributed by atoms with Crippen LogP contribution in [0.2, 0.25) is 0 Å². The van der Waals surface area contributed by atoms with E-state index in [1.54, 1.807) is 49.8 Å². The van der Waals surface area contributed by atoms with Gasteiger partial charge in [-0.05, 0) is 48.9 Å². The molecule has 7 nitrogen and oxygen atoms in total. The van der Waals surface area contributed by atoms with E-state index in [1.807, 2.05) is 25.1 Å². The number of aryl methyl sites for hydroxylation is 1. The second-order valence-electron chi connectivity index (χ2n) is 6.59. The Bertz CT molecular complexity index is 1240. The summed E-state index contributed by atoms with van der Waals surface area (Å²) in [5, 5.41) is 6.32. The maximum Gasteiger partial charge on any atom is 0.248 e. The number of nitrogens with one attached hydrogen (secondary N) is 1. The molecule has 3 N–H and O–H groups in total. The maximum absolute atomic E-state index is 11.3. The predicted octanol–water partition coefficient (Wildman–Crippen LogP) is 4.53. The molecule has 2 aromatic carbocycles. The number of nitrogens with two attached hydrogens (primary N) is 1. The molecule has 1 amide bonds. The molecule has 0 spiro atoms. The van der Waals surface area contributed by atoms with E-state index in [0.29, 0.717) is 28.7 Å². The van der Waals surface area contributed by atoms with Gasteiger partial charge in [-0.3, -0.25) is 4.79 Å². The van der Waals surface area contributed by atoms with Crippen LogP contribution >= 0.6 is 11.3 Å². The molecule has 2 heterocycles. The number of nitrogens with zero attached hydrogens (tertiary/aromatic N) is 2. The molecular formula is C22H20N4O3S. The second kappa shape index (κ2) is 8.00. The lowest BCUT2D eigenvalue weighted by atomic mass is 10.1. The lowest BCUT2D eigenvalue weighted by Gasteiger charge is -2.12. The van der Waals surface area contributed by atoms with Crippen molar-refractivity contribution in [1.29, 1.82) is 0 Å². The van der Waals surface area contributed by atoms with E-state index in [2.05, 4.69) is 20.7 Å². The zero-order valence-electron chi connectivity index (χ0n) is 16.7. The molecule has 30 heavy (non-hydrogen) atoms. The Labute approximate surface area is 177 Å². The zero-order valence-corrected chi connectivity index (χ0v) is 17.5. The number of anilines is 2. The number of ether oxygens (including phenoxy) is 2. The van der Waals surface area contributed by atoms with E-state index in [0.717, 1.165) is 27.0 Å². The van der Waals surface area contributed by atoms with Gasteiger partial charge < -0.3 is 20.5 Å². The summed E-state index contributed by atoms with van der Waals surface area (Å²) in [6.07, 6.45) is 0. The number of amides is 1. The van der Waals surface area contributed by atoms with E-state index in [4.69, 9.17) is 15.2 Å². The van der Waals surface area contributed by atoms with E-state index in [1.165, 1.54) is 0 Å². The molecule has 0 aliphatic heterocycles. The number of aromatic nitrogens is 2. The summed E-state index contributed by atoms with van der Waals surface area (Å²) in [7, 11) is 3.22. The van der Waals surface area contributed by atoms with Crippen LogP contribution in [0, 0.1) is 6.92 Å². The minimum atomic E-state index is -0.463. The average molecular weight is 420 g/mol. The third-order valence-electron chi connectivity index (χ3n) is 4.67. The number of carbonyl (C=O) groups excluding carboxylic acids is 1. The quantitative estimate of drug-likeness (QED) is 0.476. The Morgan fingerprint density at radius 1 is 1.03 bits per heavy atom. The van der Waals surface area contributed by atoms with Crippen LogP contribution in [-0.2, 0) is 0 Å². The molecule has 2 aromatic heterocycles. The van der Waals surface area contributed by atoms with Gasteiger partial charge in [0.25, 0.3) is 0 Å². The molecule has 4 aromatic rings. The minimum Gasteiger partial charge on any atom is -0.493 e. The Hall–Kier alpha value is -3.65. The number of hydrogen-bond acceptors (Lipinski definition) is 7. The molecule has 0 radical (unpaired) electrons. The maximum atomic E-state index is 11.3. The number of carbonyl (C=O) groups is 1. The van der Waals surface area contributed by atoms with E-state index >= 15 is 0 Å². The Balaban J connectivity index is 1.81. The fourth-order valence-electron chi connectivity index (χ4n) is 3.21. The smallest absolute Gasteiger partial charge is 0.248 e. The molecule has 152 valence electrons. The number of hydrogen-bond donors (Lipinski definition) is 2. The van der Waals surface area contributed by atoms with Crippen molar-refractivity contribution < 1.29 is 14.3 Å². The third kappa shape index (κ3) is 3.65. The first kappa shape index (κ1) is 19.7. The number of rotatable bonds is 6. The highest BCUT2D eigenvalue weighted by Crippen LogP contribution is 2.40. The number of methoxy groups -OCH3 is 2. The van der Waals surface area contributed by atoms with Crippen LogP contribution in [0.4, 0.5) is 11.5 Å². The zero-order chi connectivity index (χ0) is 21.3. The van der Waals surface area contributed by atoms with Crippen LogP contribution in [0.15, 0.2) is 47.8 Å². The highest BCUT2D eigenvalue weighted by Gasteiger charge is 2.16. The molecule has 0 atom stereocenters. The van der Waals surface area contributed by atoms with Crippen molar-refractivity contribution in [3.63, 3.8) is 0 Å². The SMILES string of the molecule is COc1ccc(-c2csc3nc(C)nc(Nc4ccc(C(N)=O)cc4)c23)cc1OC. The molecule has 8 heteroatoms. The Morgan fingerprint density at radius 3 is 2.43 bits per heavy atom. The van der Waals surface area contributed by atoms with Crippen molar-refractivity contribution >= 4 is 39.0 Å². The van der Waals surface area contributed by atoms with Crippen LogP contribution < -0.4 is 20.5 Å². The van der Waals surface area contributed by atoms with Gasteiger partial charge in [-0.2, -0.15) is 0 Å². The molecule has 0 fully saturated rings. The summed E-state index contributed by atoms with van der Waals surface area (Å²) in [6, 6.07) is 12.7. The van der Waals surface area contributed by atoms with Gasteiger partial charge in [-0.15, -0.1) is 11.3 Å². The largest absolute Gasteiger partial charge is 0.493 e.